The number of hydrogen-bond acceptors (Lipinski definition) is 9. The fraction of sp³-hybridized carbons (Fsp3) is 0.318. The smallest absolute Gasteiger partial charge is 0.310 e. The van der Waals surface area contributed by atoms with E-state index in [4.69, 9.17) is 30.3 Å². The lowest BCUT2D eigenvalue weighted by molar-refractivity contribution is -0.742. The van der Waals surface area contributed by atoms with E-state index >= 15 is 0 Å². The standard InChI is InChI=1S/C10H11NO4.C10H12O2.C2H4O2.HNO3/c1-6(7(2)12)8-3-4-9(11(14)15)10(13)5-8;1-7(8(2)11)9-4-3-5-10(12)6-9;1-2(3)4;2-1(3)4/h3-6,13H,1-2H3;3-7,12H,1-2H3;1H3,(H,3,4);(H,2,3,4). The van der Waals surface area contributed by atoms with Crippen LogP contribution in [0.15, 0.2) is 42.5 Å². The first-order valence-corrected chi connectivity index (χ1v) is 9.81. The molecule has 0 aliphatic heterocycles. The van der Waals surface area contributed by atoms with Crippen molar-refractivity contribution >= 4 is 23.2 Å². The maximum atomic E-state index is 11.1. The number of nitro groups is 1. The van der Waals surface area contributed by atoms with E-state index in [1.165, 1.54) is 25.1 Å². The van der Waals surface area contributed by atoms with Gasteiger partial charge in [-0.1, -0.05) is 32.0 Å². The van der Waals surface area contributed by atoms with Crippen LogP contribution in [0.4, 0.5) is 5.69 Å². The first kappa shape index (κ1) is 32.6. The second-order valence-corrected chi connectivity index (χ2v) is 7.02. The quantitative estimate of drug-likeness (QED) is 0.344. The normalized spacial score (nSPS) is 10.9. The highest BCUT2D eigenvalue weighted by molar-refractivity contribution is 5.83. The summed E-state index contributed by atoms with van der Waals surface area (Å²) in [6, 6.07) is 10.7. The molecule has 0 heterocycles. The molecule has 2 rings (SSSR count). The van der Waals surface area contributed by atoms with Gasteiger partial charge in [0.1, 0.15) is 17.3 Å². The number of carbonyl (C=O) groups excluding carboxylic acids is 2. The molecule has 0 bridgehead atoms. The number of phenols is 2. The van der Waals surface area contributed by atoms with E-state index in [1.807, 2.05) is 13.0 Å². The molecule has 2 aromatic carbocycles. The van der Waals surface area contributed by atoms with Crippen LogP contribution in [-0.2, 0) is 14.4 Å². The minimum absolute atomic E-state index is 0.0525. The number of nitro benzene ring substituents is 1. The number of rotatable bonds is 5. The van der Waals surface area contributed by atoms with Crippen LogP contribution in [0.25, 0.3) is 0 Å². The highest BCUT2D eigenvalue weighted by Gasteiger charge is 2.17. The lowest BCUT2D eigenvalue weighted by Crippen LogP contribution is -2.04. The molecule has 35 heavy (non-hydrogen) atoms. The van der Waals surface area contributed by atoms with Gasteiger partial charge in [-0.3, -0.25) is 24.5 Å². The Hall–Kier alpha value is -4.55. The van der Waals surface area contributed by atoms with E-state index in [-0.39, 0.29) is 34.8 Å². The Morgan fingerprint density at radius 2 is 1.23 bits per heavy atom. The maximum absolute atomic E-state index is 11.1. The Balaban J connectivity index is 0. The molecule has 2 atom stereocenters. The van der Waals surface area contributed by atoms with Crippen molar-refractivity contribution in [2.24, 2.45) is 0 Å². The summed E-state index contributed by atoms with van der Waals surface area (Å²) in [7, 11) is 0. The van der Waals surface area contributed by atoms with Crippen molar-refractivity contribution in [3.63, 3.8) is 0 Å². The van der Waals surface area contributed by atoms with Crippen molar-refractivity contribution < 1.29 is 44.9 Å². The summed E-state index contributed by atoms with van der Waals surface area (Å²) in [4.78, 5) is 49.1. The molecule has 0 saturated carbocycles. The number of nitrogens with zero attached hydrogens (tertiary/aromatic N) is 2. The molecule has 0 amide bonds. The minimum atomic E-state index is -1.50. The molecule has 0 fully saturated rings. The number of ketones is 2. The predicted molar refractivity (Wildman–Crippen MR) is 123 cm³/mol. The van der Waals surface area contributed by atoms with Gasteiger partial charge in [-0.25, -0.2) is 0 Å². The Morgan fingerprint density at radius 3 is 1.54 bits per heavy atom. The van der Waals surface area contributed by atoms with Crippen LogP contribution in [0.5, 0.6) is 11.5 Å². The second kappa shape index (κ2) is 16.1. The number of aromatic hydroxyl groups is 2. The van der Waals surface area contributed by atoms with Gasteiger partial charge in [-0.15, -0.1) is 10.1 Å². The first-order valence-electron chi connectivity index (χ1n) is 9.81. The zero-order valence-corrected chi connectivity index (χ0v) is 19.7. The van der Waals surface area contributed by atoms with E-state index in [9.17, 15) is 24.8 Å². The van der Waals surface area contributed by atoms with Crippen LogP contribution in [-0.4, -0.2) is 48.1 Å². The number of Topliss-reactive ketones (excluding diaryl/α,β-unsaturated/α-hetero) is 2. The van der Waals surface area contributed by atoms with Crippen molar-refractivity contribution in [3.05, 3.63) is 73.8 Å². The van der Waals surface area contributed by atoms with Crippen molar-refractivity contribution in [2.75, 3.05) is 0 Å². The predicted octanol–water partition coefficient (Wildman–Crippen LogP) is 3.82. The van der Waals surface area contributed by atoms with Crippen molar-refractivity contribution in [1.82, 2.24) is 0 Å². The monoisotopic (exact) mass is 496 g/mol. The fourth-order valence-electron chi connectivity index (χ4n) is 2.23. The van der Waals surface area contributed by atoms with Crippen LogP contribution in [0.1, 0.15) is 57.6 Å². The lowest BCUT2D eigenvalue weighted by atomic mass is 9.97. The van der Waals surface area contributed by atoms with Crippen molar-refractivity contribution in [3.8, 4) is 11.5 Å². The molecule has 13 heteroatoms. The van der Waals surface area contributed by atoms with E-state index in [2.05, 4.69) is 0 Å². The van der Waals surface area contributed by atoms with Crippen LogP contribution in [0.3, 0.4) is 0 Å². The van der Waals surface area contributed by atoms with Crippen LogP contribution in [0, 0.1) is 20.2 Å². The number of phenolic OH excluding ortho intramolecular Hbond substituents is 2. The van der Waals surface area contributed by atoms with Gasteiger partial charge in [-0.2, -0.15) is 0 Å². The Morgan fingerprint density at radius 1 is 0.829 bits per heavy atom. The van der Waals surface area contributed by atoms with Gasteiger partial charge in [0.15, 0.2) is 5.75 Å². The average Bonchev–Trinajstić information content (AvgIpc) is 2.71. The zero-order chi connectivity index (χ0) is 27.9. The highest BCUT2D eigenvalue weighted by Crippen LogP contribution is 2.29. The molecule has 0 spiro atoms. The van der Waals surface area contributed by atoms with Crippen LogP contribution >= 0.6 is 0 Å². The van der Waals surface area contributed by atoms with E-state index in [0.717, 1.165) is 12.5 Å². The van der Waals surface area contributed by atoms with Gasteiger partial charge in [-0.05, 0) is 43.2 Å². The SMILES string of the molecule is CC(=O)C(C)c1ccc([N+](=O)[O-])c(O)c1.CC(=O)C(C)c1cccc(O)c1.CC(=O)O.O=[N+]([O-])O. The molecule has 0 aliphatic rings. The van der Waals surface area contributed by atoms with E-state index in [1.54, 1.807) is 32.0 Å². The first-order chi connectivity index (χ1) is 16.0. The zero-order valence-electron chi connectivity index (χ0n) is 19.7. The van der Waals surface area contributed by atoms with Crippen molar-refractivity contribution in [2.45, 2.75) is 46.5 Å². The number of benzene rings is 2. The third-order valence-electron chi connectivity index (χ3n) is 4.29. The molecular weight excluding hydrogens is 468 g/mol. The number of carbonyl (C=O) groups is 3. The number of carboxylic acids is 1. The molecular formula is C22H28N2O11. The molecule has 2 aromatic rings. The summed E-state index contributed by atoms with van der Waals surface area (Å²) < 4.78 is 0. The molecule has 2 unspecified atom stereocenters. The summed E-state index contributed by atoms with van der Waals surface area (Å²) >= 11 is 0. The summed E-state index contributed by atoms with van der Waals surface area (Å²) in [6.07, 6.45) is 0. The van der Waals surface area contributed by atoms with Gasteiger partial charge in [0.05, 0.1) is 4.92 Å². The van der Waals surface area contributed by atoms with Gasteiger partial charge in [0.25, 0.3) is 11.1 Å². The minimum Gasteiger partial charge on any atom is -0.508 e. The van der Waals surface area contributed by atoms with Gasteiger partial charge in [0, 0.05) is 24.8 Å². The number of aliphatic carboxylic acids is 1. The summed E-state index contributed by atoms with van der Waals surface area (Å²) in [5, 5.41) is 49.9. The number of carboxylic acid groups (broad SMARTS) is 1. The van der Waals surface area contributed by atoms with E-state index in [0.29, 0.717) is 5.56 Å². The number of hydrogen-bond donors (Lipinski definition) is 4. The van der Waals surface area contributed by atoms with E-state index < -0.39 is 21.7 Å². The lowest BCUT2D eigenvalue weighted by Gasteiger charge is -2.07. The van der Waals surface area contributed by atoms with Crippen molar-refractivity contribution in [1.29, 1.82) is 0 Å². The maximum Gasteiger partial charge on any atom is 0.310 e. The Labute approximate surface area is 200 Å². The molecule has 13 nitrogen and oxygen atoms in total. The second-order valence-electron chi connectivity index (χ2n) is 7.02. The summed E-state index contributed by atoms with van der Waals surface area (Å²) in [5.41, 5.74) is 1.09. The average molecular weight is 496 g/mol. The van der Waals surface area contributed by atoms with Gasteiger partial charge in [0.2, 0.25) is 0 Å². The van der Waals surface area contributed by atoms with Gasteiger partial charge < -0.3 is 20.5 Å². The summed E-state index contributed by atoms with van der Waals surface area (Å²) in [6.45, 7) is 7.58. The third-order valence-corrected chi connectivity index (χ3v) is 4.29. The van der Waals surface area contributed by atoms with Crippen LogP contribution < -0.4 is 0 Å². The molecule has 0 saturated heterocycles. The molecule has 0 aliphatic carbocycles. The van der Waals surface area contributed by atoms with Crippen LogP contribution in [0.2, 0.25) is 0 Å². The molecule has 4 N–H and O–H groups in total. The summed E-state index contributed by atoms with van der Waals surface area (Å²) in [5.74, 6) is -1.47. The topological polar surface area (TPSA) is 218 Å². The fourth-order valence-corrected chi connectivity index (χ4v) is 2.23. The highest BCUT2D eigenvalue weighted by atomic mass is 16.9. The molecule has 192 valence electrons. The largest absolute Gasteiger partial charge is 0.508 e. The Kier molecular flexibility index (Phi) is 15.0. The molecule has 0 aromatic heterocycles. The van der Waals surface area contributed by atoms with Gasteiger partial charge >= 0.3 is 5.69 Å². The Bertz CT molecular complexity index is 1020. The third kappa shape index (κ3) is 15.0. The molecule has 0 radical (unpaired) electrons.